The molecular weight excluding hydrogens is 216 g/mol. The molecule has 0 N–H and O–H groups in total. The lowest BCUT2D eigenvalue weighted by Crippen LogP contribution is -2.05. The fourth-order valence-electron chi connectivity index (χ4n) is 2.82. The van der Waals surface area contributed by atoms with Crippen molar-refractivity contribution in [2.24, 2.45) is 11.8 Å². The first-order chi connectivity index (χ1) is 8.79. The highest BCUT2D eigenvalue weighted by Crippen LogP contribution is 2.43. The van der Waals surface area contributed by atoms with Crippen LogP contribution in [0.15, 0.2) is 12.2 Å². The number of rotatable bonds is 0. The first-order valence-corrected chi connectivity index (χ1v) is 8.47. The molecule has 2 rings (SSSR count). The maximum atomic E-state index is 4.18. The normalized spacial score (nSPS) is 25.1. The third kappa shape index (κ3) is 7.95. The maximum absolute atomic E-state index is 4.18. The predicted molar refractivity (Wildman–Crippen MR) is 87.1 cm³/mol. The Labute approximate surface area is 117 Å². The minimum absolute atomic E-state index is 0.928. The van der Waals surface area contributed by atoms with E-state index < -0.39 is 0 Å². The van der Waals surface area contributed by atoms with Crippen LogP contribution in [0.2, 0.25) is 0 Å². The Bertz CT molecular complexity index is 169. The van der Waals surface area contributed by atoms with Gasteiger partial charge in [0.15, 0.2) is 0 Å². The topological polar surface area (TPSA) is 0 Å². The monoisotopic (exact) mass is 254 g/mol. The van der Waals surface area contributed by atoms with Crippen LogP contribution in [0, 0.1) is 11.8 Å². The summed E-state index contributed by atoms with van der Waals surface area (Å²) in [5, 5.41) is 0. The zero-order chi connectivity index (χ0) is 14.4. The van der Waals surface area contributed by atoms with Crippen molar-refractivity contribution in [1.82, 2.24) is 0 Å². The SMILES string of the molecule is C=C1CCC2CCCCCC12.CC.CC.CCC. The van der Waals surface area contributed by atoms with E-state index in [4.69, 9.17) is 0 Å². The van der Waals surface area contributed by atoms with E-state index in [-0.39, 0.29) is 0 Å². The van der Waals surface area contributed by atoms with Crippen LogP contribution >= 0.6 is 0 Å². The van der Waals surface area contributed by atoms with Gasteiger partial charge in [-0.05, 0) is 37.5 Å². The van der Waals surface area contributed by atoms with Gasteiger partial charge in [-0.2, -0.15) is 0 Å². The average molecular weight is 255 g/mol. The van der Waals surface area contributed by atoms with E-state index in [0.29, 0.717) is 0 Å². The second-order valence-corrected chi connectivity index (χ2v) is 4.91. The molecule has 0 aromatic heterocycles. The van der Waals surface area contributed by atoms with Crippen LogP contribution in [0.4, 0.5) is 0 Å². The van der Waals surface area contributed by atoms with E-state index >= 15 is 0 Å². The molecule has 0 saturated heterocycles. The summed E-state index contributed by atoms with van der Waals surface area (Å²) in [5.41, 5.74) is 1.57. The molecule has 2 unspecified atom stereocenters. The van der Waals surface area contributed by atoms with Gasteiger partial charge in [-0.1, -0.05) is 79.4 Å². The van der Waals surface area contributed by atoms with Gasteiger partial charge in [-0.25, -0.2) is 0 Å². The van der Waals surface area contributed by atoms with Crippen LogP contribution in [0.25, 0.3) is 0 Å². The largest absolute Gasteiger partial charge is 0.0996 e. The highest BCUT2D eigenvalue weighted by molar-refractivity contribution is 5.09. The van der Waals surface area contributed by atoms with Crippen LogP contribution < -0.4 is 0 Å². The van der Waals surface area contributed by atoms with E-state index in [1.165, 1.54) is 51.4 Å². The van der Waals surface area contributed by atoms with Gasteiger partial charge in [0.1, 0.15) is 0 Å². The second kappa shape index (κ2) is 14.8. The third-order valence-electron chi connectivity index (χ3n) is 3.52. The lowest BCUT2D eigenvalue weighted by Gasteiger charge is -2.15. The molecule has 2 aliphatic carbocycles. The molecular formula is C18H38. The van der Waals surface area contributed by atoms with Crippen LogP contribution in [0.5, 0.6) is 0 Å². The first kappa shape index (κ1) is 20.1. The minimum atomic E-state index is 0.928. The molecule has 0 amide bonds. The Kier molecular flexibility index (Phi) is 16.5. The zero-order valence-electron chi connectivity index (χ0n) is 14.0. The highest BCUT2D eigenvalue weighted by Gasteiger charge is 2.30. The molecule has 2 fully saturated rings. The zero-order valence-corrected chi connectivity index (χ0v) is 14.0. The van der Waals surface area contributed by atoms with Gasteiger partial charge >= 0.3 is 0 Å². The smallest absolute Gasteiger partial charge is 0.0177 e. The van der Waals surface area contributed by atoms with Crippen molar-refractivity contribution in [2.45, 2.75) is 92.9 Å². The Balaban J connectivity index is 0. The van der Waals surface area contributed by atoms with Crippen molar-refractivity contribution in [3.05, 3.63) is 12.2 Å². The standard InChI is InChI=1S/C11H18.C3H8.2C2H6/c1-9-7-8-10-5-3-2-4-6-11(9)10;1-3-2;2*1-2/h10-11H,1-8H2;3H2,1-2H3;2*1-2H3. The minimum Gasteiger partial charge on any atom is -0.0996 e. The molecule has 0 heteroatoms. The highest BCUT2D eigenvalue weighted by atomic mass is 14.4. The molecule has 0 aliphatic heterocycles. The molecule has 0 nitrogen and oxygen atoms in total. The summed E-state index contributed by atoms with van der Waals surface area (Å²) in [7, 11) is 0. The quantitative estimate of drug-likeness (QED) is 0.408. The first-order valence-electron chi connectivity index (χ1n) is 8.47. The van der Waals surface area contributed by atoms with Gasteiger partial charge in [0.25, 0.3) is 0 Å². The summed E-state index contributed by atoms with van der Waals surface area (Å²) in [6.45, 7) is 16.4. The van der Waals surface area contributed by atoms with Crippen molar-refractivity contribution < 1.29 is 0 Å². The molecule has 110 valence electrons. The molecule has 0 aromatic carbocycles. The third-order valence-corrected chi connectivity index (χ3v) is 3.52. The van der Waals surface area contributed by atoms with Gasteiger partial charge < -0.3 is 0 Å². The van der Waals surface area contributed by atoms with Gasteiger partial charge in [0.05, 0.1) is 0 Å². The molecule has 0 aromatic rings. The molecule has 2 saturated carbocycles. The fraction of sp³-hybridized carbons (Fsp3) is 0.889. The maximum Gasteiger partial charge on any atom is -0.0177 e. The molecule has 18 heavy (non-hydrogen) atoms. The molecule has 0 radical (unpaired) electrons. The number of hydrogen-bond acceptors (Lipinski definition) is 0. The van der Waals surface area contributed by atoms with Crippen molar-refractivity contribution in [3.63, 3.8) is 0 Å². The van der Waals surface area contributed by atoms with E-state index in [9.17, 15) is 0 Å². The summed E-state index contributed by atoms with van der Waals surface area (Å²) < 4.78 is 0. The molecule has 2 aliphatic rings. The summed E-state index contributed by atoms with van der Waals surface area (Å²) in [4.78, 5) is 0. The van der Waals surface area contributed by atoms with Gasteiger partial charge in [-0.3, -0.25) is 0 Å². The van der Waals surface area contributed by atoms with Crippen molar-refractivity contribution >= 4 is 0 Å². The second-order valence-electron chi connectivity index (χ2n) is 4.91. The molecule has 0 spiro atoms. The Morgan fingerprint density at radius 3 is 1.94 bits per heavy atom. The van der Waals surface area contributed by atoms with E-state index in [1.807, 2.05) is 27.7 Å². The van der Waals surface area contributed by atoms with Crippen molar-refractivity contribution in [3.8, 4) is 0 Å². The van der Waals surface area contributed by atoms with E-state index in [2.05, 4.69) is 20.4 Å². The van der Waals surface area contributed by atoms with Crippen molar-refractivity contribution in [1.29, 1.82) is 0 Å². The van der Waals surface area contributed by atoms with Gasteiger partial charge in [0.2, 0.25) is 0 Å². The van der Waals surface area contributed by atoms with Crippen LogP contribution in [0.1, 0.15) is 92.9 Å². The average Bonchev–Trinajstić information content (AvgIpc) is 2.64. The van der Waals surface area contributed by atoms with E-state index in [1.54, 1.807) is 5.57 Å². The van der Waals surface area contributed by atoms with Gasteiger partial charge in [0, 0.05) is 0 Å². The lowest BCUT2D eigenvalue weighted by atomic mass is 9.90. The van der Waals surface area contributed by atoms with Crippen LogP contribution in [-0.4, -0.2) is 0 Å². The fourth-order valence-corrected chi connectivity index (χ4v) is 2.82. The summed E-state index contributed by atoms with van der Waals surface area (Å²) in [5.74, 6) is 1.96. The Hall–Kier alpha value is -0.260. The molecule has 0 heterocycles. The van der Waals surface area contributed by atoms with Crippen molar-refractivity contribution in [2.75, 3.05) is 0 Å². The number of allylic oxidation sites excluding steroid dienone is 1. The van der Waals surface area contributed by atoms with Crippen LogP contribution in [-0.2, 0) is 0 Å². The number of fused-ring (bicyclic) bond motifs is 1. The number of hydrogen-bond donors (Lipinski definition) is 0. The van der Waals surface area contributed by atoms with Crippen LogP contribution in [0.3, 0.4) is 0 Å². The summed E-state index contributed by atoms with van der Waals surface area (Å²) in [6.07, 6.45) is 11.4. The summed E-state index contributed by atoms with van der Waals surface area (Å²) in [6, 6.07) is 0. The molecule has 0 bridgehead atoms. The lowest BCUT2D eigenvalue weighted by molar-refractivity contribution is 0.399. The van der Waals surface area contributed by atoms with E-state index in [0.717, 1.165) is 11.8 Å². The Morgan fingerprint density at radius 1 is 0.889 bits per heavy atom. The summed E-state index contributed by atoms with van der Waals surface area (Å²) >= 11 is 0. The predicted octanol–water partition coefficient (Wildman–Crippen LogP) is 7.00. The molecule has 2 atom stereocenters. The van der Waals surface area contributed by atoms with Gasteiger partial charge in [-0.15, -0.1) is 0 Å². The Morgan fingerprint density at radius 2 is 1.39 bits per heavy atom.